The van der Waals surface area contributed by atoms with Crippen LogP contribution in [0, 0.1) is 0 Å². The van der Waals surface area contributed by atoms with Gasteiger partial charge in [-0.3, -0.25) is 18.9 Å². The van der Waals surface area contributed by atoms with E-state index in [0.29, 0.717) is 30.3 Å². The van der Waals surface area contributed by atoms with Crippen molar-refractivity contribution in [3.63, 3.8) is 0 Å². The zero-order valence-corrected chi connectivity index (χ0v) is 39.5. The van der Waals surface area contributed by atoms with E-state index in [-0.39, 0.29) is 31.8 Å². The molecule has 0 aromatic carbocycles. The summed E-state index contributed by atoms with van der Waals surface area (Å²) in [5, 5.41) is 0. The van der Waals surface area contributed by atoms with Crippen LogP contribution in [0.15, 0.2) is 60.8 Å². The SMILES string of the molecule is CCCCCC/C=C\C/C=C\C/C=C\CCCCCCCCC(=O)O[C@H](COC(=O)CCCCCCC/C=C\C=C\C(=O)CCCCC)COP(=O)([O-])OCC[N+](C)(C)C. The number of allylic oxidation sites excluding steroid dienone is 10. The van der Waals surface area contributed by atoms with Crippen LogP contribution in [-0.2, 0) is 37.5 Å². The maximum Gasteiger partial charge on any atom is 0.306 e. The van der Waals surface area contributed by atoms with Gasteiger partial charge in [0.25, 0.3) is 7.82 Å². The van der Waals surface area contributed by atoms with E-state index in [9.17, 15) is 23.8 Å². The molecule has 0 spiro atoms. The van der Waals surface area contributed by atoms with Crippen molar-refractivity contribution < 1.29 is 46.8 Å². The summed E-state index contributed by atoms with van der Waals surface area (Å²) >= 11 is 0. The van der Waals surface area contributed by atoms with Crippen LogP contribution >= 0.6 is 7.82 Å². The lowest BCUT2D eigenvalue weighted by Crippen LogP contribution is -2.37. The largest absolute Gasteiger partial charge is 0.756 e. The number of rotatable bonds is 42. The van der Waals surface area contributed by atoms with Gasteiger partial charge in [-0.15, -0.1) is 0 Å². The molecule has 0 amide bonds. The minimum absolute atomic E-state index is 0.0505. The highest BCUT2D eigenvalue weighted by molar-refractivity contribution is 7.45. The van der Waals surface area contributed by atoms with Gasteiger partial charge in [0.1, 0.15) is 19.8 Å². The number of nitrogens with zero attached hydrogens (tertiary/aromatic N) is 1. The van der Waals surface area contributed by atoms with Gasteiger partial charge in [-0.2, -0.15) is 0 Å². The number of ether oxygens (including phenoxy) is 2. The number of hydrogen-bond acceptors (Lipinski definition) is 9. The molecular weight excluding hydrogens is 778 g/mol. The summed E-state index contributed by atoms with van der Waals surface area (Å²) in [5.41, 5.74) is 0. The minimum atomic E-state index is -4.65. The van der Waals surface area contributed by atoms with Crippen molar-refractivity contribution in [1.29, 1.82) is 0 Å². The number of carbonyl (C=O) groups is 3. The van der Waals surface area contributed by atoms with Crippen LogP contribution in [0.1, 0.15) is 181 Å². The molecule has 0 aliphatic heterocycles. The lowest BCUT2D eigenvalue weighted by Gasteiger charge is -2.28. The molecule has 1 unspecified atom stereocenters. The first-order chi connectivity index (χ1) is 28.9. The zero-order valence-electron chi connectivity index (χ0n) is 38.6. The standard InChI is InChI=1S/C49H86NO9P/c1-6-8-10-11-12-13-14-15-16-17-18-19-20-21-22-23-26-30-33-37-41-49(53)59-47(45-58-60(54,55)57-43-42-50(3,4)5)44-56-48(52)40-36-32-29-27-24-25-28-31-35-39-46(51)38-34-9-7-2/h13-14,16-17,19-20,28,31,35,39,47H,6-12,15,18,21-27,29-30,32-34,36-38,40-45H2,1-5H3/b14-13-,17-16-,20-19-,31-28-,39-35+/t47-/m1/s1. The molecule has 10 nitrogen and oxygen atoms in total. The Bertz CT molecular complexity index is 1270. The lowest BCUT2D eigenvalue weighted by molar-refractivity contribution is -0.870. The average molecular weight is 864 g/mol. The average Bonchev–Trinajstić information content (AvgIpc) is 3.19. The maximum absolute atomic E-state index is 12.7. The van der Waals surface area contributed by atoms with Crippen molar-refractivity contribution in [2.24, 2.45) is 0 Å². The Hall–Kier alpha value is -2.62. The van der Waals surface area contributed by atoms with Crippen LogP contribution < -0.4 is 4.89 Å². The molecule has 0 fully saturated rings. The summed E-state index contributed by atoms with van der Waals surface area (Å²) in [6.45, 7) is 3.98. The molecule has 0 aliphatic carbocycles. The molecule has 0 heterocycles. The van der Waals surface area contributed by atoms with E-state index >= 15 is 0 Å². The number of phosphoric ester groups is 1. The fourth-order valence-electron chi connectivity index (χ4n) is 5.99. The molecule has 0 aromatic heterocycles. The second-order valence-corrected chi connectivity index (χ2v) is 18.2. The molecule has 0 aromatic rings. The minimum Gasteiger partial charge on any atom is -0.756 e. The predicted molar refractivity (Wildman–Crippen MR) is 245 cm³/mol. The molecule has 346 valence electrons. The van der Waals surface area contributed by atoms with Crippen LogP contribution in [0.25, 0.3) is 0 Å². The Labute approximate surface area is 366 Å². The predicted octanol–water partition coefficient (Wildman–Crippen LogP) is 12.2. The number of hydrogen-bond donors (Lipinski definition) is 0. The van der Waals surface area contributed by atoms with E-state index in [0.717, 1.165) is 103 Å². The maximum atomic E-state index is 12.7. The summed E-state index contributed by atoms with van der Waals surface area (Å²) in [7, 11) is 1.10. The van der Waals surface area contributed by atoms with Crippen molar-refractivity contribution in [2.45, 2.75) is 187 Å². The third-order valence-corrected chi connectivity index (χ3v) is 10.7. The topological polar surface area (TPSA) is 128 Å². The van der Waals surface area contributed by atoms with Crippen molar-refractivity contribution in [2.75, 3.05) is 47.5 Å². The van der Waals surface area contributed by atoms with Crippen LogP contribution in [-0.4, -0.2) is 75.8 Å². The summed E-state index contributed by atoms with van der Waals surface area (Å²) < 4.78 is 33.9. The van der Waals surface area contributed by atoms with Gasteiger partial charge in [0, 0.05) is 19.3 Å². The van der Waals surface area contributed by atoms with Crippen LogP contribution in [0.4, 0.5) is 0 Å². The van der Waals surface area contributed by atoms with Crippen molar-refractivity contribution in [1.82, 2.24) is 0 Å². The molecule has 0 rings (SSSR count). The fourth-order valence-corrected chi connectivity index (χ4v) is 6.72. The third kappa shape index (κ3) is 43.5. The normalized spacial score (nSPS) is 14.0. The van der Waals surface area contributed by atoms with Crippen molar-refractivity contribution in [3.05, 3.63) is 60.8 Å². The summed E-state index contributed by atoms with van der Waals surface area (Å²) in [6, 6.07) is 0. The van der Waals surface area contributed by atoms with E-state index in [1.165, 1.54) is 32.1 Å². The summed E-state index contributed by atoms with van der Waals surface area (Å²) in [4.78, 5) is 49.4. The number of quaternary nitrogens is 1. The van der Waals surface area contributed by atoms with E-state index in [2.05, 4.69) is 56.4 Å². The highest BCUT2D eigenvalue weighted by Crippen LogP contribution is 2.38. The molecule has 0 bridgehead atoms. The fraction of sp³-hybridized carbons (Fsp3) is 0.735. The molecule has 0 N–H and O–H groups in total. The van der Waals surface area contributed by atoms with Gasteiger partial charge in [0.15, 0.2) is 11.9 Å². The van der Waals surface area contributed by atoms with E-state index < -0.39 is 32.5 Å². The van der Waals surface area contributed by atoms with E-state index in [1.807, 2.05) is 33.3 Å². The van der Waals surface area contributed by atoms with Crippen LogP contribution in [0.5, 0.6) is 0 Å². The monoisotopic (exact) mass is 864 g/mol. The number of phosphoric acid groups is 1. The molecule has 11 heteroatoms. The Balaban J connectivity index is 4.41. The van der Waals surface area contributed by atoms with Crippen LogP contribution in [0.2, 0.25) is 0 Å². The molecule has 60 heavy (non-hydrogen) atoms. The van der Waals surface area contributed by atoms with E-state index in [1.54, 1.807) is 6.08 Å². The number of carbonyl (C=O) groups excluding carboxylic acids is 3. The highest BCUT2D eigenvalue weighted by Gasteiger charge is 2.21. The van der Waals surface area contributed by atoms with Gasteiger partial charge in [0.05, 0.1) is 27.7 Å². The van der Waals surface area contributed by atoms with Gasteiger partial charge >= 0.3 is 11.9 Å². The molecule has 0 saturated carbocycles. The smallest absolute Gasteiger partial charge is 0.306 e. The number of esters is 2. The van der Waals surface area contributed by atoms with Gasteiger partial charge < -0.3 is 27.9 Å². The Kier molecular flexibility index (Phi) is 38.7. The Morgan fingerprint density at radius 2 is 1.05 bits per heavy atom. The molecule has 0 radical (unpaired) electrons. The van der Waals surface area contributed by atoms with Gasteiger partial charge in [-0.05, 0) is 76.7 Å². The summed E-state index contributed by atoms with van der Waals surface area (Å²) in [5.74, 6) is -0.738. The first-order valence-electron chi connectivity index (χ1n) is 23.4. The Morgan fingerprint density at radius 3 is 1.63 bits per heavy atom. The molecule has 0 saturated heterocycles. The number of likely N-dealkylation sites (N-methyl/N-ethyl adjacent to an activating group) is 1. The molecule has 2 atom stereocenters. The van der Waals surface area contributed by atoms with Crippen molar-refractivity contribution >= 4 is 25.5 Å². The lowest BCUT2D eigenvalue weighted by atomic mass is 10.1. The first-order valence-corrected chi connectivity index (χ1v) is 24.9. The zero-order chi connectivity index (χ0) is 44.4. The van der Waals surface area contributed by atoms with Gasteiger partial charge in [0.2, 0.25) is 0 Å². The third-order valence-electron chi connectivity index (χ3n) is 9.74. The molecule has 0 aliphatic rings. The number of ketones is 1. The Morgan fingerprint density at radius 1 is 0.567 bits per heavy atom. The number of unbranched alkanes of at least 4 members (excludes halogenated alkanes) is 17. The van der Waals surface area contributed by atoms with Gasteiger partial charge in [-0.25, -0.2) is 0 Å². The van der Waals surface area contributed by atoms with Crippen LogP contribution in [0.3, 0.4) is 0 Å². The summed E-state index contributed by atoms with van der Waals surface area (Å²) in [6.07, 6.45) is 45.1. The second-order valence-electron chi connectivity index (χ2n) is 16.8. The second kappa shape index (κ2) is 40.5. The van der Waals surface area contributed by atoms with E-state index in [4.69, 9.17) is 18.5 Å². The highest BCUT2D eigenvalue weighted by atomic mass is 31.2. The van der Waals surface area contributed by atoms with Gasteiger partial charge in [-0.1, -0.05) is 146 Å². The molecular formula is C49H86NO9P. The van der Waals surface area contributed by atoms with Crippen molar-refractivity contribution in [3.8, 4) is 0 Å². The quantitative estimate of drug-likeness (QED) is 0.0112. The first kappa shape index (κ1) is 57.4.